The second-order valence-electron chi connectivity index (χ2n) is 4.16. The number of halogens is 2. The summed E-state index contributed by atoms with van der Waals surface area (Å²) in [4.78, 5) is 11.8. The van der Waals surface area contributed by atoms with Crippen LogP contribution in [0.15, 0.2) is 57.5 Å². The number of carbonyl (C=O) groups is 1. The zero-order valence-electron chi connectivity index (χ0n) is 10.2. The Balaban J connectivity index is 1.89. The third-order valence-corrected chi connectivity index (χ3v) is 4.57. The minimum Gasteiger partial charge on any atom is -0.326 e. The van der Waals surface area contributed by atoms with Crippen molar-refractivity contribution in [1.29, 1.82) is 0 Å². The van der Waals surface area contributed by atoms with E-state index in [9.17, 15) is 4.79 Å². The minimum absolute atomic E-state index is 0.0260. The predicted octanol–water partition coefficient (Wildman–Crippen LogP) is 4.78. The highest BCUT2D eigenvalue weighted by Gasteiger charge is 2.04. The number of rotatable bonds is 4. The maximum atomic E-state index is 11.8. The maximum Gasteiger partial charge on any atom is 0.224 e. The number of anilines is 1. The summed E-state index contributed by atoms with van der Waals surface area (Å²) in [5.74, 6) is 0.0260. The lowest BCUT2D eigenvalue weighted by Crippen LogP contribution is -2.12. The highest BCUT2D eigenvalue weighted by atomic mass is 79.9. The van der Waals surface area contributed by atoms with Gasteiger partial charge in [-0.15, -0.1) is 0 Å². The molecule has 0 aromatic heterocycles. The lowest BCUT2D eigenvalue weighted by molar-refractivity contribution is -0.116. The van der Waals surface area contributed by atoms with Gasteiger partial charge in [0.2, 0.25) is 5.91 Å². The highest BCUT2D eigenvalue weighted by molar-refractivity contribution is 9.13. The summed E-state index contributed by atoms with van der Waals surface area (Å²) in [6, 6.07) is 15.7. The van der Waals surface area contributed by atoms with E-state index in [4.69, 9.17) is 0 Å². The van der Waals surface area contributed by atoms with Crippen molar-refractivity contribution in [1.82, 2.24) is 0 Å². The molecule has 2 rings (SSSR count). The van der Waals surface area contributed by atoms with Crippen molar-refractivity contribution in [2.45, 2.75) is 12.8 Å². The Hall–Kier alpha value is -1.13. The van der Waals surface area contributed by atoms with E-state index in [1.165, 1.54) is 5.56 Å². The van der Waals surface area contributed by atoms with Gasteiger partial charge in [-0.05, 0) is 62.0 Å². The highest BCUT2D eigenvalue weighted by Crippen LogP contribution is 2.26. The number of carbonyl (C=O) groups excluding carboxylic acids is 1. The maximum absolute atomic E-state index is 11.8. The van der Waals surface area contributed by atoms with Crippen molar-refractivity contribution in [3.63, 3.8) is 0 Å². The number of benzene rings is 2. The molecular weight excluding hydrogens is 370 g/mol. The lowest BCUT2D eigenvalue weighted by Gasteiger charge is -2.06. The zero-order chi connectivity index (χ0) is 13.7. The molecule has 19 heavy (non-hydrogen) atoms. The molecule has 2 aromatic rings. The molecule has 2 nitrogen and oxygen atoms in total. The van der Waals surface area contributed by atoms with E-state index < -0.39 is 0 Å². The number of amides is 1. The standard InChI is InChI=1S/C15H13Br2NO/c16-13-8-7-12(10-14(13)17)18-15(19)9-6-11-4-2-1-3-5-11/h1-5,7-8,10H,6,9H2,(H,18,19). The van der Waals surface area contributed by atoms with Crippen molar-refractivity contribution < 1.29 is 4.79 Å². The molecule has 0 saturated heterocycles. The summed E-state index contributed by atoms with van der Waals surface area (Å²) in [5, 5.41) is 2.89. The molecule has 98 valence electrons. The van der Waals surface area contributed by atoms with Gasteiger partial charge in [0, 0.05) is 21.1 Å². The quantitative estimate of drug-likeness (QED) is 0.809. The molecule has 1 amide bonds. The van der Waals surface area contributed by atoms with Crippen LogP contribution >= 0.6 is 31.9 Å². The van der Waals surface area contributed by atoms with E-state index in [-0.39, 0.29) is 5.91 Å². The SMILES string of the molecule is O=C(CCc1ccccc1)Nc1ccc(Br)c(Br)c1. The van der Waals surface area contributed by atoms with E-state index in [1.54, 1.807) is 0 Å². The summed E-state index contributed by atoms with van der Waals surface area (Å²) < 4.78 is 1.89. The van der Waals surface area contributed by atoms with E-state index in [1.807, 2.05) is 48.5 Å². The summed E-state index contributed by atoms with van der Waals surface area (Å²) in [6.45, 7) is 0. The van der Waals surface area contributed by atoms with Crippen LogP contribution in [0.3, 0.4) is 0 Å². The molecule has 2 aromatic carbocycles. The van der Waals surface area contributed by atoms with Gasteiger partial charge in [0.1, 0.15) is 0 Å². The first kappa shape index (κ1) is 14.3. The van der Waals surface area contributed by atoms with Gasteiger partial charge in [-0.3, -0.25) is 4.79 Å². The van der Waals surface area contributed by atoms with Crippen molar-refractivity contribution in [2.24, 2.45) is 0 Å². The lowest BCUT2D eigenvalue weighted by atomic mass is 10.1. The van der Waals surface area contributed by atoms with Crippen LogP contribution in [0.25, 0.3) is 0 Å². The number of hydrogen-bond acceptors (Lipinski definition) is 1. The van der Waals surface area contributed by atoms with Gasteiger partial charge in [0.05, 0.1) is 0 Å². The molecule has 0 spiro atoms. The Kier molecular flexibility index (Phi) is 5.16. The molecule has 0 atom stereocenters. The van der Waals surface area contributed by atoms with Gasteiger partial charge in [-0.1, -0.05) is 30.3 Å². The van der Waals surface area contributed by atoms with Crippen molar-refractivity contribution >= 4 is 43.5 Å². The average molecular weight is 383 g/mol. The molecule has 0 radical (unpaired) electrons. The minimum atomic E-state index is 0.0260. The van der Waals surface area contributed by atoms with Crippen molar-refractivity contribution in [2.75, 3.05) is 5.32 Å². The second-order valence-corrected chi connectivity index (χ2v) is 5.87. The van der Waals surface area contributed by atoms with Gasteiger partial charge in [0.25, 0.3) is 0 Å². The average Bonchev–Trinajstić information content (AvgIpc) is 2.42. The van der Waals surface area contributed by atoms with Crippen LogP contribution in [0, 0.1) is 0 Å². The molecule has 0 aliphatic rings. The van der Waals surface area contributed by atoms with Crippen LogP contribution in [0.2, 0.25) is 0 Å². The Morgan fingerprint density at radius 2 is 1.74 bits per heavy atom. The first-order valence-corrected chi connectivity index (χ1v) is 7.52. The topological polar surface area (TPSA) is 29.1 Å². The van der Waals surface area contributed by atoms with E-state index in [2.05, 4.69) is 37.2 Å². The molecule has 4 heteroatoms. The molecular formula is C15H13Br2NO. The van der Waals surface area contributed by atoms with Crippen LogP contribution in [0.5, 0.6) is 0 Å². The third-order valence-electron chi connectivity index (χ3n) is 2.69. The first-order valence-electron chi connectivity index (χ1n) is 5.94. The van der Waals surface area contributed by atoms with Crippen LogP contribution in [0.1, 0.15) is 12.0 Å². The summed E-state index contributed by atoms with van der Waals surface area (Å²) in [7, 11) is 0. The Morgan fingerprint density at radius 3 is 2.42 bits per heavy atom. The molecule has 0 aliphatic carbocycles. The molecule has 0 fully saturated rings. The van der Waals surface area contributed by atoms with E-state index >= 15 is 0 Å². The van der Waals surface area contributed by atoms with Crippen LogP contribution in [-0.4, -0.2) is 5.91 Å². The molecule has 1 N–H and O–H groups in total. The van der Waals surface area contributed by atoms with Gasteiger partial charge < -0.3 is 5.32 Å². The zero-order valence-corrected chi connectivity index (χ0v) is 13.4. The fourth-order valence-electron chi connectivity index (χ4n) is 1.70. The Bertz CT molecular complexity index is 570. The van der Waals surface area contributed by atoms with Crippen LogP contribution in [0.4, 0.5) is 5.69 Å². The smallest absolute Gasteiger partial charge is 0.224 e. The van der Waals surface area contributed by atoms with Crippen molar-refractivity contribution in [3.8, 4) is 0 Å². The number of hydrogen-bond donors (Lipinski definition) is 1. The van der Waals surface area contributed by atoms with Gasteiger partial charge in [-0.25, -0.2) is 0 Å². The predicted molar refractivity (Wildman–Crippen MR) is 85.2 cm³/mol. The second kappa shape index (κ2) is 6.87. The third kappa shape index (κ3) is 4.48. The number of nitrogens with one attached hydrogen (secondary N) is 1. The summed E-state index contributed by atoms with van der Waals surface area (Å²) in [6.07, 6.45) is 1.24. The van der Waals surface area contributed by atoms with E-state index in [0.29, 0.717) is 6.42 Å². The van der Waals surface area contributed by atoms with Crippen LogP contribution < -0.4 is 5.32 Å². The Labute approximate surface area is 129 Å². The van der Waals surface area contributed by atoms with Gasteiger partial charge in [-0.2, -0.15) is 0 Å². The molecule has 0 unspecified atom stereocenters. The largest absolute Gasteiger partial charge is 0.326 e. The molecule has 0 heterocycles. The van der Waals surface area contributed by atoms with Gasteiger partial charge >= 0.3 is 0 Å². The fourth-order valence-corrected chi connectivity index (χ4v) is 2.33. The molecule has 0 saturated carbocycles. The summed E-state index contributed by atoms with van der Waals surface area (Å²) in [5.41, 5.74) is 1.97. The Morgan fingerprint density at radius 1 is 1.00 bits per heavy atom. The van der Waals surface area contributed by atoms with Gasteiger partial charge in [0.15, 0.2) is 0 Å². The summed E-state index contributed by atoms with van der Waals surface area (Å²) >= 11 is 6.81. The van der Waals surface area contributed by atoms with E-state index in [0.717, 1.165) is 21.1 Å². The fraction of sp³-hybridized carbons (Fsp3) is 0.133. The molecule has 0 bridgehead atoms. The molecule has 0 aliphatic heterocycles. The van der Waals surface area contributed by atoms with Crippen molar-refractivity contribution in [3.05, 3.63) is 63.0 Å². The first-order chi connectivity index (χ1) is 9.15. The normalized spacial score (nSPS) is 10.2. The number of aryl methyl sites for hydroxylation is 1. The van der Waals surface area contributed by atoms with Crippen LogP contribution in [-0.2, 0) is 11.2 Å². The monoisotopic (exact) mass is 381 g/mol.